The Kier molecular flexibility index (Phi) is 7.27. The lowest BCUT2D eigenvalue weighted by atomic mass is 9.86. The lowest BCUT2D eigenvalue weighted by Crippen LogP contribution is -2.58. The van der Waals surface area contributed by atoms with Gasteiger partial charge < -0.3 is 25.5 Å². The van der Waals surface area contributed by atoms with Crippen molar-refractivity contribution in [3.63, 3.8) is 0 Å². The number of carbonyl (C=O) groups is 4. The highest BCUT2D eigenvalue weighted by atomic mass is 35.5. The number of halogens is 1. The largest absolute Gasteiger partial charge is 0.472 e. The molecule has 12 heteroatoms. The van der Waals surface area contributed by atoms with Gasteiger partial charge in [-0.1, -0.05) is 32.4 Å². The summed E-state index contributed by atoms with van der Waals surface area (Å²) in [6.07, 6.45) is 3.40. The summed E-state index contributed by atoms with van der Waals surface area (Å²) in [5.41, 5.74) is 0.164. The van der Waals surface area contributed by atoms with Gasteiger partial charge in [0.25, 0.3) is 5.91 Å². The number of nitrogens with one attached hydrogen (secondary N) is 3. The number of likely N-dealkylation sites (tertiary alicyclic amines) is 1. The zero-order valence-electron chi connectivity index (χ0n) is 20.5. The summed E-state index contributed by atoms with van der Waals surface area (Å²) in [7, 11) is 0. The average molecular weight is 522 g/mol. The molecule has 3 atom stereocenters. The third kappa shape index (κ3) is 5.79. The highest BCUT2D eigenvalue weighted by Gasteiger charge is 2.56. The van der Waals surface area contributed by atoms with Crippen LogP contribution in [0.3, 0.4) is 0 Å². The lowest BCUT2D eigenvalue weighted by molar-refractivity contribution is -0.146. The van der Waals surface area contributed by atoms with Gasteiger partial charge in [-0.25, -0.2) is 4.98 Å². The van der Waals surface area contributed by atoms with Gasteiger partial charge in [-0.05, 0) is 37.2 Å². The number of hydrogen-bond donors (Lipinski definition) is 4. The van der Waals surface area contributed by atoms with Crippen LogP contribution in [0.25, 0.3) is 0 Å². The zero-order chi connectivity index (χ0) is 26.3. The maximum atomic E-state index is 13.4. The summed E-state index contributed by atoms with van der Waals surface area (Å²) in [5.74, 6) is -2.10. The second kappa shape index (κ2) is 9.95. The number of Topliss-reactive ketones (excluding diaryl/α,β-unsaturated/α-hetero) is 1. The van der Waals surface area contributed by atoms with E-state index in [1.165, 1.54) is 11.1 Å². The van der Waals surface area contributed by atoms with Gasteiger partial charge in [-0.3, -0.25) is 19.2 Å². The molecular formula is C24H32ClN5O6. The Balaban J connectivity index is 1.51. The molecule has 0 aromatic carbocycles. The van der Waals surface area contributed by atoms with Crippen LogP contribution in [0.15, 0.2) is 18.3 Å². The lowest BCUT2D eigenvalue weighted by Gasteiger charge is -2.34. The van der Waals surface area contributed by atoms with E-state index in [1.54, 1.807) is 32.9 Å². The van der Waals surface area contributed by atoms with Crippen LogP contribution >= 0.6 is 11.6 Å². The maximum absolute atomic E-state index is 13.4. The number of ether oxygens (including phenoxy) is 1. The van der Waals surface area contributed by atoms with Gasteiger partial charge in [0.2, 0.25) is 23.5 Å². The number of nitrogens with zero attached hydrogens (tertiary/aromatic N) is 2. The number of ketones is 1. The smallest absolute Gasteiger partial charge is 0.290 e. The molecule has 4 rings (SSSR count). The number of hydrogen-bond acceptors (Lipinski definition) is 8. The molecule has 1 aromatic rings. The van der Waals surface area contributed by atoms with E-state index >= 15 is 0 Å². The fourth-order valence-electron chi connectivity index (χ4n) is 4.31. The van der Waals surface area contributed by atoms with Crippen LogP contribution in [0.4, 0.5) is 0 Å². The van der Waals surface area contributed by atoms with Crippen LogP contribution in [-0.2, 0) is 19.2 Å². The van der Waals surface area contributed by atoms with Crippen molar-refractivity contribution >= 4 is 35.1 Å². The first kappa shape index (κ1) is 26.3. The van der Waals surface area contributed by atoms with Crippen LogP contribution in [0.5, 0.6) is 5.88 Å². The summed E-state index contributed by atoms with van der Waals surface area (Å²) in [4.78, 5) is 57.4. The molecule has 3 fully saturated rings. The first-order chi connectivity index (χ1) is 16.9. The Labute approximate surface area is 214 Å². The van der Waals surface area contributed by atoms with Crippen molar-refractivity contribution in [2.24, 2.45) is 5.41 Å². The monoisotopic (exact) mass is 521 g/mol. The molecule has 2 saturated carbocycles. The molecule has 3 amide bonds. The van der Waals surface area contributed by atoms with Gasteiger partial charge in [0.05, 0.1) is 11.6 Å². The zero-order valence-corrected chi connectivity index (χ0v) is 21.3. The number of rotatable bonds is 9. The van der Waals surface area contributed by atoms with Crippen LogP contribution in [0.1, 0.15) is 52.9 Å². The van der Waals surface area contributed by atoms with Gasteiger partial charge in [0.1, 0.15) is 23.7 Å². The van der Waals surface area contributed by atoms with E-state index in [1.807, 2.05) is 0 Å². The fourth-order valence-corrected chi connectivity index (χ4v) is 4.42. The molecule has 1 aliphatic heterocycles. The number of aromatic nitrogens is 1. The predicted octanol–water partition coefficient (Wildman–Crippen LogP) is 0.973. The third-order valence-corrected chi connectivity index (χ3v) is 6.97. The van der Waals surface area contributed by atoms with Crippen molar-refractivity contribution in [2.75, 3.05) is 6.54 Å². The Morgan fingerprint density at radius 1 is 1.22 bits per heavy atom. The number of pyridine rings is 1. The SMILES string of the molecule is CC(C)(C)[C@H](NO)C(=O)N1C[C@H](Oc2ccc(Cl)cn2)C[C@H]1C(=O)NC1(C(=O)C(=O)NC2CC2)CC1. The van der Waals surface area contributed by atoms with E-state index in [4.69, 9.17) is 16.3 Å². The van der Waals surface area contributed by atoms with Crippen molar-refractivity contribution < 1.29 is 29.1 Å². The summed E-state index contributed by atoms with van der Waals surface area (Å²) in [5, 5.41) is 15.6. The first-order valence-corrected chi connectivity index (χ1v) is 12.5. The van der Waals surface area contributed by atoms with Gasteiger partial charge in [0, 0.05) is 24.7 Å². The van der Waals surface area contributed by atoms with Crippen LogP contribution in [0, 0.1) is 5.41 Å². The molecule has 2 aliphatic carbocycles. The minimum atomic E-state index is -1.25. The fraction of sp³-hybridized carbons (Fsp3) is 0.625. The molecule has 4 N–H and O–H groups in total. The quantitative estimate of drug-likeness (QED) is 0.277. The van der Waals surface area contributed by atoms with E-state index < -0.39 is 52.6 Å². The summed E-state index contributed by atoms with van der Waals surface area (Å²) >= 11 is 5.89. The first-order valence-electron chi connectivity index (χ1n) is 12.1. The molecular weight excluding hydrogens is 490 g/mol. The predicted molar refractivity (Wildman–Crippen MR) is 128 cm³/mol. The molecule has 0 unspecified atom stereocenters. The summed E-state index contributed by atoms with van der Waals surface area (Å²) in [6.45, 7) is 5.42. The molecule has 36 heavy (non-hydrogen) atoms. The van der Waals surface area contributed by atoms with Crippen LogP contribution in [0.2, 0.25) is 5.02 Å². The van der Waals surface area contributed by atoms with E-state index in [0.29, 0.717) is 17.9 Å². The Morgan fingerprint density at radius 2 is 1.92 bits per heavy atom. The van der Waals surface area contributed by atoms with Gasteiger partial charge in [0.15, 0.2) is 0 Å². The Hall–Kier alpha value is -2.76. The molecule has 0 radical (unpaired) electrons. The van der Waals surface area contributed by atoms with Crippen LogP contribution in [-0.4, -0.2) is 74.9 Å². The summed E-state index contributed by atoms with van der Waals surface area (Å²) < 4.78 is 5.91. The maximum Gasteiger partial charge on any atom is 0.290 e. The highest BCUT2D eigenvalue weighted by Crippen LogP contribution is 2.38. The molecule has 0 spiro atoms. The van der Waals surface area contributed by atoms with Crippen LogP contribution < -0.4 is 20.9 Å². The van der Waals surface area contributed by atoms with Crippen molar-refractivity contribution in [3.8, 4) is 5.88 Å². The molecule has 196 valence electrons. The number of amides is 3. The highest BCUT2D eigenvalue weighted by molar-refractivity contribution is 6.41. The average Bonchev–Trinajstić information content (AvgIpc) is 3.73. The normalized spacial score (nSPS) is 23.5. The Bertz CT molecular complexity index is 1030. The van der Waals surface area contributed by atoms with Gasteiger partial charge in [-0.2, -0.15) is 5.48 Å². The number of hydroxylamine groups is 1. The van der Waals surface area contributed by atoms with Crippen molar-refractivity contribution in [3.05, 3.63) is 23.4 Å². The molecule has 2 heterocycles. The minimum absolute atomic E-state index is 0.0237. The molecule has 3 aliphatic rings. The Morgan fingerprint density at radius 3 is 2.44 bits per heavy atom. The van der Waals surface area contributed by atoms with E-state index in [-0.39, 0.29) is 24.9 Å². The minimum Gasteiger partial charge on any atom is -0.472 e. The molecule has 11 nitrogen and oxygen atoms in total. The molecule has 0 bridgehead atoms. The van der Waals surface area contributed by atoms with E-state index in [2.05, 4.69) is 21.1 Å². The summed E-state index contributed by atoms with van der Waals surface area (Å²) in [6, 6.07) is 1.28. The topological polar surface area (TPSA) is 150 Å². The van der Waals surface area contributed by atoms with Crippen molar-refractivity contribution in [1.82, 2.24) is 26.0 Å². The third-order valence-electron chi connectivity index (χ3n) is 6.74. The van der Waals surface area contributed by atoms with Crippen molar-refractivity contribution in [2.45, 2.75) is 82.6 Å². The second-order valence-corrected chi connectivity index (χ2v) is 11.3. The standard InChI is InChI=1S/C24H32ClN5O6/c1-23(2,3)18(29-35)22(34)30-12-15(36-17-7-4-13(25)11-26-17)10-16(30)20(32)28-24(8-9-24)19(31)21(33)27-14-5-6-14/h4,7,11,14-16,18,29,35H,5-6,8-10,12H2,1-3H3,(H,27,33)(H,28,32)/t15-,16+,18-/m1/s1. The van der Waals surface area contributed by atoms with Gasteiger partial charge >= 0.3 is 0 Å². The molecule has 1 saturated heterocycles. The van der Waals surface area contributed by atoms with E-state index in [9.17, 15) is 24.4 Å². The second-order valence-electron chi connectivity index (χ2n) is 10.9. The van der Waals surface area contributed by atoms with Gasteiger partial charge in [-0.15, -0.1) is 0 Å². The molecule has 1 aromatic heterocycles. The van der Waals surface area contributed by atoms with Crippen molar-refractivity contribution in [1.29, 1.82) is 0 Å². The van der Waals surface area contributed by atoms with E-state index in [0.717, 1.165) is 12.8 Å². The number of carbonyl (C=O) groups excluding carboxylic acids is 4.